The zero-order valence-corrected chi connectivity index (χ0v) is 16.8. The number of rotatable bonds is 7. The molecule has 1 aromatic heterocycles. The van der Waals surface area contributed by atoms with Crippen molar-refractivity contribution in [3.63, 3.8) is 0 Å². The first kappa shape index (κ1) is 19.3. The van der Waals surface area contributed by atoms with Crippen molar-refractivity contribution in [2.75, 3.05) is 26.7 Å². The largest absolute Gasteiger partial charge is 0.439 e. The van der Waals surface area contributed by atoms with Gasteiger partial charge in [-0.15, -0.1) is 0 Å². The lowest BCUT2D eigenvalue weighted by molar-refractivity contribution is 0.0685. The summed E-state index contributed by atoms with van der Waals surface area (Å²) in [6, 6.07) is 12.5. The molecule has 2 aliphatic rings. The van der Waals surface area contributed by atoms with Gasteiger partial charge in [0.2, 0.25) is 5.88 Å². The van der Waals surface area contributed by atoms with Crippen molar-refractivity contribution in [1.29, 1.82) is 0 Å². The van der Waals surface area contributed by atoms with Crippen LogP contribution in [0.25, 0.3) is 0 Å². The molecule has 0 amide bonds. The normalized spacial score (nSPS) is 24.1. The molecule has 28 heavy (non-hydrogen) atoms. The van der Waals surface area contributed by atoms with E-state index in [1.165, 1.54) is 11.1 Å². The number of piperidine rings is 1. The van der Waals surface area contributed by atoms with Gasteiger partial charge in [0, 0.05) is 43.9 Å². The number of nitrogens with zero attached hydrogens (tertiary/aromatic N) is 2. The van der Waals surface area contributed by atoms with Gasteiger partial charge >= 0.3 is 0 Å². The number of nitrogens with one attached hydrogen (secondary N) is 1. The molecule has 4 nitrogen and oxygen atoms in total. The Kier molecular flexibility index (Phi) is 5.65. The number of likely N-dealkylation sites (tertiary alicyclic amines) is 1. The molecule has 150 valence electrons. The first-order valence-corrected chi connectivity index (χ1v) is 10.4. The summed E-state index contributed by atoms with van der Waals surface area (Å²) in [5.74, 6) is 1.84. The molecule has 4 rings (SSSR count). The van der Waals surface area contributed by atoms with Crippen LogP contribution in [0.15, 0.2) is 42.6 Å². The van der Waals surface area contributed by atoms with Gasteiger partial charge in [0.25, 0.3) is 0 Å². The molecule has 1 aliphatic carbocycles. The highest BCUT2D eigenvalue weighted by Crippen LogP contribution is 2.41. The zero-order valence-electron chi connectivity index (χ0n) is 16.8. The van der Waals surface area contributed by atoms with Crippen LogP contribution in [0.2, 0.25) is 0 Å². The van der Waals surface area contributed by atoms with Crippen LogP contribution in [0.5, 0.6) is 11.6 Å². The molecule has 5 heteroatoms. The summed E-state index contributed by atoms with van der Waals surface area (Å²) < 4.78 is 20.7. The quantitative estimate of drug-likeness (QED) is 0.773. The van der Waals surface area contributed by atoms with Crippen molar-refractivity contribution in [1.82, 2.24) is 15.2 Å². The maximum Gasteiger partial charge on any atom is 0.219 e. The maximum absolute atomic E-state index is 14.9. The van der Waals surface area contributed by atoms with E-state index in [9.17, 15) is 4.39 Å². The molecule has 1 aromatic carbocycles. The van der Waals surface area contributed by atoms with Gasteiger partial charge in [0.05, 0.1) is 0 Å². The summed E-state index contributed by atoms with van der Waals surface area (Å²) in [7, 11) is 2.06. The van der Waals surface area contributed by atoms with E-state index < -0.39 is 5.67 Å². The lowest BCUT2D eigenvalue weighted by Crippen LogP contribution is -2.46. The van der Waals surface area contributed by atoms with E-state index in [4.69, 9.17) is 4.74 Å². The number of hydrogen-bond donors (Lipinski definition) is 1. The van der Waals surface area contributed by atoms with Gasteiger partial charge in [0.15, 0.2) is 0 Å². The van der Waals surface area contributed by atoms with Gasteiger partial charge in [-0.05, 0) is 56.0 Å². The average Bonchev–Trinajstić information content (AvgIpc) is 3.50. The van der Waals surface area contributed by atoms with Gasteiger partial charge < -0.3 is 15.0 Å². The highest BCUT2D eigenvalue weighted by atomic mass is 19.1. The van der Waals surface area contributed by atoms with E-state index in [0.717, 1.165) is 31.7 Å². The van der Waals surface area contributed by atoms with Crippen LogP contribution in [0.1, 0.15) is 43.2 Å². The van der Waals surface area contributed by atoms with Crippen molar-refractivity contribution >= 4 is 0 Å². The van der Waals surface area contributed by atoms with Crippen LogP contribution < -0.4 is 10.1 Å². The number of aromatic nitrogens is 1. The van der Waals surface area contributed by atoms with Crippen LogP contribution in [0, 0.1) is 0 Å². The molecule has 2 atom stereocenters. The van der Waals surface area contributed by atoms with Crippen molar-refractivity contribution < 1.29 is 9.13 Å². The fourth-order valence-corrected chi connectivity index (χ4v) is 3.88. The van der Waals surface area contributed by atoms with Crippen LogP contribution in [-0.2, 0) is 6.42 Å². The number of hydrogen-bond acceptors (Lipinski definition) is 4. The van der Waals surface area contributed by atoms with Gasteiger partial charge in [-0.3, -0.25) is 0 Å². The van der Waals surface area contributed by atoms with Gasteiger partial charge in [0.1, 0.15) is 11.4 Å². The Hall–Kier alpha value is -1.98. The predicted octanol–water partition coefficient (Wildman–Crippen LogP) is 4.32. The number of pyridine rings is 1. The third-order valence-electron chi connectivity index (χ3n) is 6.10. The second-order valence-corrected chi connectivity index (χ2v) is 8.31. The van der Waals surface area contributed by atoms with Crippen LogP contribution in [-0.4, -0.2) is 48.3 Å². The SMILES string of the molecule is CCc1ccc(Oc2ccc(C3CC3NCC3(F)CCN(C)CC3)cn2)cc1. The first-order chi connectivity index (χ1) is 13.5. The maximum atomic E-state index is 14.9. The summed E-state index contributed by atoms with van der Waals surface area (Å²) >= 11 is 0. The molecule has 1 N–H and O–H groups in total. The standard InChI is InChI=1S/C23H30FN3O/c1-3-17-4-7-19(8-5-17)28-22-9-6-18(15-25-22)20-14-21(20)26-16-23(24)10-12-27(2)13-11-23/h4-9,15,20-21,26H,3,10-14,16H2,1-2H3. The van der Waals surface area contributed by atoms with E-state index in [2.05, 4.69) is 47.4 Å². The molecule has 1 saturated carbocycles. The molecular formula is C23H30FN3O. The molecular weight excluding hydrogens is 353 g/mol. The van der Waals surface area contributed by atoms with E-state index in [-0.39, 0.29) is 0 Å². The molecule has 0 spiro atoms. The highest BCUT2D eigenvalue weighted by Gasteiger charge is 2.41. The summed E-state index contributed by atoms with van der Waals surface area (Å²) in [5, 5.41) is 3.44. The Morgan fingerprint density at radius 2 is 1.93 bits per heavy atom. The molecule has 0 bridgehead atoms. The molecule has 2 fully saturated rings. The third-order valence-corrected chi connectivity index (χ3v) is 6.10. The molecule has 2 aromatic rings. The number of benzene rings is 1. The second-order valence-electron chi connectivity index (χ2n) is 8.31. The third kappa shape index (κ3) is 4.70. The van der Waals surface area contributed by atoms with Crippen molar-refractivity contribution in [3.05, 3.63) is 53.7 Å². The number of ether oxygens (including phenoxy) is 1. The Balaban J connectivity index is 1.26. The van der Waals surface area contributed by atoms with E-state index >= 15 is 0 Å². The van der Waals surface area contributed by atoms with Crippen LogP contribution in [0.4, 0.5) is 4.39 Å². The van der Waals surface area contributed by atoms with Crippen LogP contribution in [0.3, 0.4) is 0 Å². The molecule has 2 heterocycles. The van der Waals surface area contributed by atoms with Crippen molar-refractivity contribution in [2.45, 2.75) is 50.2 Å². The Morgan fingerprint density at radius 3 is 2.57 bits per heavy atom. The van der Waals surface area contributed by atoms with E-state index in [1.54, 1.807) is 0 Å². The number of alkyl halides is 1. The Labute approximate surface area is 167 Å². The van der Waals surface area contributed by atoms with Crippen molar-refractivity contribution in [2.24, 2.45) is 0 Å². The van der Waals surface area contributed by atoms with E-state index in [1.807, 2.05) is 24.4 Å². The minimum absolute atomic E-state index is 0.363. The summed E-state index contributed by atoms with van der Waals surface area (Å²) in [5.41, 5.74) is 1.43. The van der Waals surface area contributed by atoms with Crippen LogP contribution >= 0.6 is 0 Å². The van der Waals surface area contributed by atoms with Gasteiger partial charge in [-0.25, -0.2) is 9.37 Å². The molecule has 1 saturated heterocycles. The summed E-state index contributed by atoms with van der Waals surface area (Å²) in [6.45, 7) is 4.29. The zero-order chi connectivity index (χ0) is 19.6. The molecule has 1 aliphatic heterocycles. The highest BCUT2D eigenvalue weighted by molar-refractivity contribution is 5.33. The van der Waals surface area contributed by atoms with Crippen molar-refractivity contribution in [3.8, 4) is 11.6 Å². The fraction of sp³-hybridized carbons (Fsp3) is 0.522. The Bertz CT molecular complexity index is 769. The van der Waals surface area contributed by atoms with Gasteiger partial charge in [-0.1, -0.05) is 25.1 Å². The first-order valence-electron chi connectivity index (χ1n) is 10.4. The predicted molar refractivity (Wildman–Crippen MR) is 110 cm³/mol. The second kappa shape index (κ2) is 8.18. The fourth-order valence-electron chi connectivity index (χ4n) is 3.88. The lowest BCUT2D eigenvalue weighted by atomic mass is 9.93. The van der Waals surface area contributed by atoms with Gasteiger partial charge in [-0.2, -0.15) is 0 Å². The summed E-state index contributed by atoms with van der Waals surface area (Å²) in [4.78, 5) is 6.65. The minimum Gasteiger partial charge on any atom is -0.439 e. The molecule has 0 radical (unpaired) electrons. The monoisotopic (exact) mass is 383 g/mol. The minimum atomic E-state index is -1.05. The smallest absolute Gasteiger partial charge is 0.219 e. The average molecular weight is 384 g/mol. The molecule has 2 unspecified atom stereocenters. The van der Waals surface area contributed by atoms with E-state index in [0.29, 0.717) is 37.2 Å². The number of aryl methyl sites for hydroxylation is 1. The number of halogens is 1. The summed E-state index contributed by atoms with van der Waals surface area (Å²) in [6.07, 6.45) is 5.21. The topological polar surface area (TPSA) is 37.4 Å². The lowest BCUT2D eigenvalue weighted by Gasteiger charge is -2.34. The Morgan fingerprint density at radius 1 is 1.18 bits per heavy atom.